The minimum absolute atomic E-state index is 0.145. The van der Waals surface area contributed by atoms with E-state index in [0.717, 1.165) is 45.4 Å². The number of benzene rings is 3. The average Bonchev–Trinajstić information content (AvgIpc) is 3.51. The highest BCUT2D eigenvalue weighted by Crippen LogP contribution is 2.51. The largest absolute Gasteiger partial charge is 0.373 e. The molecule has 0 spiro atoms. The molecule has 0 aliphatic heterocycles. The fourth-order valence-electron chi connectivity index (χ4n) is 4.32. The van der Waals surface area contributed by atoms with E-state index in [2.05, 4.69) is 46.8 Å². The molecule has 1 atom stereocenters. The summed E-state index contributed by atoms with van der Waals surface area (Å²) in [4.78, 5) is 17.5. The SMILES string of the molecule is Cc1ccc(C2(C(O)Nc3nc4ccc(C(=O)Nc5c(C)cccc5C)cc4s3)CC2)cc1. The summed E-state index contributed by atoms with van der Waals surface area (Å²) in [5, 5.41) is 17.9. The highest BCUT2D eigenvalue weighted by atomic mass is 32.1. The molecular formula is C27H27N3O2S. The Morgan fingerprint density at radius 3 is 2.39 bits per heavy atom. The number of amides is 1. The van der Waals surface area contributed by atoms with Crippen molar-refractivity contribution in [2.75, 3.05) is 10.6 Å². The van der Waals surface area contributed by atoms with Gasteiger partial charge in [0, 0.05) is 16.7 Å². The van der Waals surface area contributed by atoms with Crippen LogP contribution >= 0.6 is 11.3 Å². The van der Waals surface area contributed by atoms with Gasteiger partial charge >= 0.3 is 0 Å². The average molecular weight is 458 g/mol. The van der Waals surface area contributed by atoms with Gasteiger partial charge in [-0.15, -0.1) is 0 Å². The summed E-state index contributed by atoms with van der Waals surface area (Å²) in [6, 6.07) is 19.9. The van der Waals surface area contributed by atoms with Gasteiger partial charge in [-0.2, -0.15) is 0 Å². The predicted molar refractivity (Wildman–Crippen MR) is 135 cm³/mol. The number of nitrogens with one attached hydrogen (secondary N) is 2. The zero-order chi connectivity index (χ0) is 23.2. The first-order valence-electron chi connectivity index (χ1n) is 11.2. The van der Waals surface area contributed by atoms with Crippen LogP contribution in [0, 0.1) is 20.8 Å². The van der Waals surface area contributed by atoms with Crippen LogP contribution in [0.1, 0.15) is 45.5 Å². The Balaban J connectivity index is 1.34. The van der Waals surface area contributed by atoms with Crippen molar-refractivity contribution in [3.63, 3.8) is 0 Å². The first-order chi connectivity index (χ1) is 15.9. The van der Waals surface area contributed by atoms with Gasteiger partial charge < -0.3 is 15.7 Å². The second kappa shape index (κ2) is 8.28. The molecule has 3 aromatic carbocycles. The molecule has 168 valence electrons. The van der Waals surface area contributed by atoms with Crippen LogP contribution in [0.4, 0.5) is 10.8 Å². The number of aliphatic hydroxyl groups is 1. The van der Waals surface area contributed by atoms with Gasteiger partial charge in [-0.3, -0.25) is 4.79 Å². The summed E-state index contributed by atoms with van der Waals surface area (Å²) in [6.07, 6.45) is 1.17. The van der Waals surface area contributed by atoms with Crippen molar-refractivity contribution in [1.29, 1.82) is 0 Å². The topological polar surface area (TPSA) is 74.2 Å². The number of hydrogen-bond donors (Lipinski definition) is 3. The summed E-state index contributed by atoms with van der Waals surface area (Å²) in [5.74, 6) is -0.145. The Bertz CT molecular complexity index is 1320. The summed E-state index contributed by atoms with van der Waals surface area (Å²) in [6.45, 7) is 6.04. The van der Waals surface area contributed by atoms with E-state index >= 15 is 0 Å². The fraction of sp³-hybridized carbons (Fsp3) is 0.259. The van der Waals surface area contributed by atoms with Gasteiger partial charge in [0.05, 0.1) is 10.2 Å². The van der Waals surface area contributed by atoms with Gasteiger partial charge in [-0.1, -0.05) is 59.4 Å². The van der Waals surface area contributed by atoms with Crippen LogP contribution in [0.25, 0.3) is 10.2 Å². The Morgan fingerprint density at radius 1 is 1.03 bits per heavy atom. The van der Waals surface area contributed by atoms with Crippen LogP contribution in [0.2, 0.25) is 0 Å². The third-order valence-electron chi connectivity index (χ3n) is 6.57. The van der Waals surface area contributed by atoms with Crippen LogP contribution in [0.5, 0.6) is 0 Å². The van der Waals surface area contributed by atoms with E-state index in [0.29, 0.717) is 10.7 Å². The first kappa shape index (κ1) is 21.6. The second-order valence-electron chi connectivity index (χ2n) is 8.99. The molecule has 1 aromatic heterocycles. The van der Waals surface area contributed by atoms with Crippen molar-refractivity contribution in [3.8, 4) is 0 Å². The third kappa shape index (κ3) is 4.12. The van der Waals surface area contributed by atoms with Gasteiger partial charge in [0.15, 0.2) is 5.13 Å². The van der Waals surface area contributed by atoms with Crippen LogP contribution in [-0.4, -0.2) is 22.2 Å². The lowest BCUT2D eigenvalue weighted by Crippen LogP contribution is -2.33. The third-order valence-corrected chi connectivity index (χ3v) is 7.52. The molecule has 1 aliphatic rings. The molecule has 0 saturated heterocycles. The predicted octanol–water partition coefficient (Wildman–Crippen LogP) is 5.94. The standard InChI is InChI=1S/C27H27N3O2S/c1-16-7-10-20(11-8-16)27(13-14-27)25(32)30-26-28-21-12-9-19(15-22(21)33-26)24(31)29-23-17(2)5-4-6-18(23)3/h4-12,15,25,32H,13-14H2,1-3H3,(H,28,30)(H,29,31). The highest BCUT2D eigenvalue weighted by molar-refractivity contribution is 7.22. The number of fused-ring (bicyclic) bond motifs is 1. The van der Waals surface area contributed by atoms with E-state index < -0.39 is 6.23 Å². The van der Waals surface area contributed by atoms with E-state index in [4.69, 9.17) is 0 Å². The molecule has 6 heteroatoms. The Labute approximate surface area is 197 Å². The maximum Gasteiger partial charge on any atom is 0.255 e. The molecule has 1 unspecified atom stereocenters. The maximum atomic E-state index is 12.9. The highest BCUT2D eigenvalue weighted by Gasteiger charge is 2.50. The van der Waals surface area contributed by atoms with E-state index in [1.807, 2.05) is 44.2 Å². The molecule has 0 bridgehead atoms. The summed E-state index contributed by atoms with van der Waals surface area (Å²) in [7, 11) is 0. The fourth-order valence-corrected chi connectivity index (χ4v) is 5.25. The normalized spacial score (nSPS) is 15.3. The van der Waals surface area contributed by atoms with Gasteiger partial charge in [-0.25, -0.2) is 4.98 Å². The summed E-state index contributed by atoms with van der Waals surface area (Å²) < 4.78 is 0.902. The van der Waals surface area contributed by atoms with E-state index in [-0.39, 0.29) is 11.3 Å². The molecule has 1 saturated carbocycles. The zero-order valence-corrected chi connectivity index (χ0v) is 19.8. The second-order valence-corrected chi connectivity index (χ2v) is 10.0. The number of thiazole rings is 1. The number of nitrogens with zero attached hydrogens (tertiary/aromatic N) is 1. The molecule has 1 amide bonds. The number of aryl methyl sites for hydroxylation is 3. The van der Waals surface area contributed by atoms with Gasteiger partial charge in [0.25, 0.3) is 5.91 Å². The van der Waals surface area contributed by atoms with Gasteiger partial charge in [0.2, 0.25) is 0 Å². The minimum Gasteiger partial charge on any atom is -0.373 e. The lowest BCUT2D eigenvalue weighted by molar-refractivity contribution is 0.102. The minimum atomic E-state index is -0.715. The van der Waals surface area contributed by atoms with Crippen molar-refractivity contribution >= 4 is 38.3 Å². The number of carbonyl (C=O) groups is 1. The molecular weight excluding hydrogens is 430 g/mol. The Hall–Kier alpha value is -3.22. The quantitative estimate of drug-likeness (QED) is 0.314. The van der Waals surface area contributed by atoms with E-state index in [9.17, 15) is 9.90 Å². The van der Waals surface area contributed by atoms with Crippen molar-refractivity contribution in [1.82, 2.24) is 4.98 Å². The molecule has 0 radical (unpaired) electrons. The number of carbonyl (C=O) groups excluding carboxylic acids is 1. The van der Waals surface area contributed by atoms with Crippen LogP contribution in [-0.2, 0) is 5.41 Å². The Morgan fingerprint density at radius 2 is 1.73 bits per heavy atom. The van der Waals surface area contributed by atoms with Crippen molar-refractivity contribution < 1.29 is 9.90 Å². The molecule has 3 N–H and O–H groups in total. The first-order valence-corrected chi connectivity index (χ1v) is 12.0. The lowest BCUT2D eigenvalue weighted by Gasteiger charge is -2.23. The summed E-state index contributed by atoms with van der Waals surface area (Å²) in [5.41, 5.74) is 6.40. The number of hydrogen-bond acceptors (Lipinski definition) is 5. The van der Waals surface area contributed by atoms with Crippen molar-refractivity contribution in [2.45, 2.75) is 45.3 Å². The molecule has 5 rings (SSSR count). The lowest BCUT2D eigenvalue weighted by atomic mass is 9.93. The molecule has 1 heterocycles. The van der Waals surface area contributed by atoms with Crippen LogP contribution in [0.3, 0.4) is 0 Å². The Kier molecular flexibility index (Phi) is 5.43. The van der Waals surface area contributed by atoms with Crippen LogP contribution in [0.15, 0.2) is 60.7 Å². The van der Waals surface area contributed by atoms with Crippen molar-refractivity contribution in [2.24, 2.45) is 0 Å². The molecule has 4 aromatic rings. The molecule has 1 aliphatic carbocycles. The molecule has 1 fully saturated rings. The number of aliphatic hydroxyl groups excluding tert-OH is 1. The maximum absolute atomic E-state index is 12.9. The number of rotatable bonds is 6. The van der Waals surface area contributed by atoms with Crippen LogP contribution < -0.4 is 10.6 Å². The number of anilines is 2. The molecule has 5 nitrogen and oxygen atoms in total. The summed E-state index contributed by atoms with van der Waals surface area (Å²) >= 11 is 1.45. The number of aromatic nitrogens is 1. The van der Waals surface area contributed by atoms with E-state index in [1.165, 1.54) is 16.9 Å². The van der Waals surface area contributed by atoms with Crippen molar-refractivity contribution in [3.05, 3.63) is 88.5 Å². The van der Waals surface area contributed by atoms with Gasteiger partial charge in [0.1, 0.15) is 6.23 Å². The molecule has 33 heavy (non-hydrogen) atoms. The van der Waals surface area contributed by atoms with Gasteiger partial charge in [-0.05, 0) is 68.5 Å². The zero-order valence-electron chi connectivity index (χ0n) is 19.0. The monoisotopic (exact) mass is 457 g/mol. The van der Waals surface area contributed by atoms with E-state index in [1.54, 1.807) is 6.07 Å². The number of para-hydroxylation sites is 1. The smallest absolute Gasteiger partial charge is 0.255 e.